The Hall–Kier alpha value is -2.90. The van der Waals surface area contributed by atoms with E-state index < -0.39 is 16.7 Å². The number of nitro benzene ring substituents is 1. The van der Waals surface area contributed by atoms with Gasteiger partial charge in [0.05, 0.1) is 21.7 Å². The van der Waals surface area contributed by atoms with E-state index in [9.17, 15) is 28.1 Å². The number of carbonyl (C=O) groups excluding carboxylic acids is 1. The number of nitro groups is 1. The average molecular weight is 366 g/mol. The van der Waals surface area contributed by atoms with Crippen LogP contribution in [0.15, 0.2) is 42.5 Å². The highest BCUT2D eigenvalue weighted by molar-refractivity contribution is 5.92. The number of amides is 1. The Balaban J connectivity index is 2.06. The SMILES string of the molecule is Cc1c(NC(=O)CC(C)c2ccc(C(F)(F)F)cc2)cccc1[N+](=O)[O-]. The second-order valence-corrected chi connectivity index (χ2v) is 5.98. The molecule has 0 aromatic heterocycles. The molecule has 0 aliphatic carbocycles. The first-order chi connectivity index (χ1) is 12.1. The van der Waals surface area contributed by atoms with E-state index in [0.717, 1.165) is 12.1 Å². The van der Waals surface area contributed by atoms with Crippen molar-refractivity contribution in [2.24, 2.45) is 0 Å². The summed E-state index contributed by atoms with van der Waals surface area (Å²) in [6, 6.07) is 9.03. The zero-order valence-corrected chi connectivity index (χ0v) is 14.1. The molecule has 1 amide bonds. The lowest BCUT2D eigenvalue weighted by Gasteiger charge is -2.14. The van der Waals surface area contributed by atoms with E-state index in [1.807, 2.05) is 0 Å². The molecule has 26 heavy (non-hydrogen) atoms. The number of anilines is 1. The van der Waals surface area contributed by atoms with Gasteiger partial charge in [0.15, 0.2) is 0 Å². The fraction of sp³-hybridized carbons (Fsp3) is 0.278. The van der Waals surface area contributed by atoms with Crippen molar-refractivity contribution < 1.29 is 22.9 Å². The van der Waals surface area contributed by atoms with Gasteiger partial charge in [-0.3, -0.25) is 14.9 Å². The summed E-state index contributed by atoms with van der Waals surface area (Å²) >= 11 is 0. The molecule has 0 heterocycles. The third-order valence-electron chi connectivity index (χ3n) is 4.07. The van der Waals surface area contributed by atoms with Crippen molar-refractivity contribution in [1.82, 2.24) is 0 Å². The number of carbonyl (C=O) groups is 1. The van der Waals surface area contributed by atoms with Crippen molar-refractivity contribution in [3.05, 3.63) is 69.3 Å². The number of benzene rings is 2. The molecule has 138 valence electrons. The van der Waals surface area contributed by atoms with Crippen LogP contribution in [0.4, 0.5) is 24.5 Å². The molecule has 0 fully saturated rings. The van der Waals surface area contributed by atoms with E-state index in [4.69, 9.17) is 0 Å². The van der Waals surface area contributed by atoms with Crippen molar-refractivity contribution in [3.8, 4) is 0 Å². The van der Waals surface area contributed by atoms with Gasteiger partial charge < -0.3 is 5.32 Å². The Morgan fingerprint density at radius 2 is 1.81 bits per heavy atom. The van der Waals surface area contributed by atoms with Crippen LogP contribution in [0, 0.1) is 17.0 Å². The molecule has 1 N–H and O–H groups in total. The number of hydrogen-bond donors (Lipinski definition) is 1. The molecule has 0 radical (unpaired) electrons. The first-order valence-electron chi connectivity index (χ1n) is 7.80. The van der Waals surface area contributed by atoms with Gasteiger partial charge in [-0.2, -0.15) is 13.2 Å². The molecular weight excluding hydrogens is 349 g/mol. The van der Waals surface area contributed by atoms with Crippen LogP contribution in [0.5, 0.6) is 0 Å². The van der Waals surface area contributed by atoms with E-state index in [2.05, 4.69) is 5.32 Å². The number of nitrogens with zero attached hydrogens (tertiary/aromatic N) is 1. The molecular formula is C18H17F3N2O3. The van der Waals surface area contributed by atoms with Gasteiger partial charge >= 0.3 is 6.18 Å². The molecule has 0 aliphatic rings. The summed E-state index contributed by atoms with van der Waals surface area (Å²) in [6.07, 6.45) is -4.37. The zero-order valence-electron chi connectivity index (χ0n) is 14.1. The minimum absolute atomic E-state index is 0.0352. The summed E-state index contributed by atoms with van der Waals surface area (Å²) in [4.78, 5) is 22.6. The lowest BCUT2D eigenvalue weighted by molar-refractivity contribution is -0.385. The van der Waals surface area contributed by atoms with Gasteiger partial charge in [0.25, 0.3) is 5.69 Å². The van der Waals surface area contributed by atoms with Crippen molar-refractivity contribution in [1.29, 1.82) is 0 Å². The first kappa shape index (κ1) is 19.4. The standard InChI is InChI=1S/C18H17F3N2O3/c1-11(13-6-8-14(9-7-13)18(19,20)21)10-17(24)22-15-4-3-5-16(12(15)2)23(25)26/h3-9,11H,10H2,1-2H3,(H,22,24). The predicted octanol–water partition coefficient (Wildman–Crippen LogP) is 5.05. The molecule has 2 rings (SSSR count). The zero-order chi connectivity index (χ0) is 19.5. The summed E-state index contributed by atoms with van der Waals surface area (Å²) in [5.41, 5.74) is 0.435. The Morgan fingerprint density at radius 1 is 1.19 bits per heavy atom. The van der Waals surface area contributed by atoms with Crippen LogP contribution in [0.25, 0.3) is 0 Å². The summed E-state index contributed by atoms with van der Waals surface area (Å²) in [7, 11) is 0. The topological polar surface area (TPSA) is 72.2 Å². The van der Waals surface area contributed by atoms with Crippen LogP contribution < -0.4 is 5.32 Å². The Morgan fingerprint density at radius 3 is 2.35 bits per heavy atom. The van der Waals surface area contributed by atoms with E-state index in [0.29, 0.717) is 16.8 Å². The normalized spacial score (nSPS) is 12.5. The maximum Gasteiger partial charge on any atom is 0.416 e. The molecule has 0 saturated heterocycles. The monoisotopic (exact) mass is 366 g/mol. The van der Waals surface area contributed by atoms with Gasteiger partial charge in [0.1, 0.15) is 0 Å². The number of halogens is 3. The second kappa shape index (κ2) is 7.55. The van der Waals surface area contributed by atoms with E-state index in [-0.39, 0.29) is 23.9 Å². The fourth-order valence-electron chi connectivity index (χ4n) is 2.55. The maximum absolute atomic E-state index is 12.6. The highest BCUT2D eigenvalue weighted by Crippen LogP contribution is 2.31. The molecule has 0 aliphatic heterocycles. The molecule has 0 saturated carbocycles. The van der Waals surface area contributed by atoms with Crippen LogP contribution in [-0.2, 0) is 11.0 Å². The number of nitrogens with one attached hydrogen (secondary N) is 1. The van der Waals surface area contributed by atoms with E-state index >= 15 is 0 Å². The van der Waals surface area contributed by atoms with Gasteiger partial charge in [0, 0.05) is 12.5 Å². The van der Waals surface area contributed by atoms with Gasteiger partial charge in [-0.15, -0.1) is 0 Å². The first-order valence-corrected chi connectivity index (χ1v) is 7.80. The summed E-state index contributed by atoms with van der Waals surface area (Å²) < 4.78 is 37.8. The minimum Gasteiger partial charge on any atom is -0.326 e. The van der Waals surface area contributed by atoms with Gasteiger partial charge in [-0.05, 0) is 36.6 Å². The third-order valence-corrected chi connectivity index (χ3v) is 4.07. The molecule has 1 atom stereocenters. The van der Waals surface area contributed by atoms with Crippen molar-refractivity contribution in [3.63, 3.8) is 0 Å². The smallest absolute Gasteiger partial charge is 0.326 e. The van der Waals surface area contributed by atoms with E-state index in [1.165, 1.54) is 31.2 Å². The molecule has 2 aromatic carbocycles. The lowest BCUT2D eigenvalue weighted by Crippen LogP contribution is -2.15. The second-order valence-electron chi connectivity index (χ2n) is 5.98. The Bertz CT molecular complexity index is 817. The van der Waals surface area contributed by atoms with Crippen LogP contribution in [-0.4, -0.2) is 10.8 Å². The molecule has 2 aromatic rings. The lowest BCUT2D eigenvalue weighted by atomic mass is 9.96. The van der Waals surface area contributed by atoms with Gasteiger partial charge in [-0.25, -0.2) is 0 Å². The Labute approximate surface area is 148 Å². The molecule has 0 spiro atoms. The van der Waals surface area contributed by atoms with Crippen LogP contribution >= 0.6 is 0 Å². The van der Waals surface area contributed by atoms with Gasteiger partial charge in [-0.1, -0.05) is 25.1 Å². The fourth-order valence-corrected chi connectivity index (χ4v) is 2.55. The Kier molecular flexibility index (Phi) is 5.64. The quantitative estimate of drug-likeness (QED) is 0.594. The number of hydrogen-bond acceptors (Lipinski definition) is 3. The molecule has 1 unspecified atom stereocenters. The van der Waals surface area contributed by atoms with Crippen molar-refractivity contribution in [2.75, 3.05) is 5.32 Å². The third kappa shape index (κ3) is 4.59. The van der Waals surface area contributed by atoms with Crippen LogP contribution in [0.2, 0.25) is 0 Å². The largest absolute Gasteiger partial charge is 0.416 e. The molecule has 5 nitrogen and oxygen atoms in total. The summed E-state index contributed by atoms with van der Waals surface area (Å²) in [6.45, 7) is 3.26. The average Bonchev–Trinajstić information content (AvgIpc) is 2.55. The molecule has 8 heteroatoms. The predicted molar refractivity (Wildman–Crippen MR) is 90.9 cm³/mol. The number of rotatable bonds is 5. The summed E-state index contributed by atoms with van der Waals surface area (Å²) in [5, 5.41) is 13.6. The van der Waals surface area contributed by atoms with Crippen LogP contribution in [0.1, 0.15) is 36.0 Å². The van der Waals surface area contributed by atoms with Crippen molar-refractivity contribution in [2.45, 2.75) is 32.4 Å². The van der Waals surface area contributed by atoms with Gasteiger partial charge in [0.2, 0.25) is 5.91 Å². The summed E-state index contributed by atoms with van der Waals surface area (Å²) in [5.74, 6) is -0.683. The van der Waals surface area contributed by atoms with E-state index in [1.54, 1.807) is 13.0 Å². The molecule has 0 bridgehead atoms. The highest BCUT2D eigenvalue weighted by Gasteiger charge is 2.30. The van der Waals surface area contributed by atoms with Crippen molar-refractivity contribution >= 4 is 17.3 Å². The highest BCUT2D eigenvalue weighted by atomic mass is 19.4. The maximum atomic E-state index is 12.6. The number of alkyl halides is 3. The van der Waals surface area contributed by atoms with Crippen LogP contribution in [0.3, 0.4) is 0 Å². The minimum atomic E-state index is -4.40.